The Kier molecular flexibility index (Phi) is 4.22. The number of hydrogen-bond donors (Lipinski definition) is 0. The summed E-state index contributed by atoms with van der Waals surface area (Å²) in [5.41, 5.74) is 3.97. The fraction of sp³-hybridized carbons (Fsp3) is 0.125. The summed E-state index contributed by atoms with van der Waals surface area (Å²) in [5, 5.41) is 2.13. The molecule has 5 aromatic rings. The summed E-state index contributed by atoms with van der Waals surface area (Å²) in [6.45, 7) is 0. The second kappa shape index (κ2) is 6.82. The van der Waals surface area contributed by atoms with E-state index in [4.69, 9.17) is 21.1 Å². The number of hydrogen-bond acceptors (Lipinski definition) is 3. The molecule has 3 aromatic carbocycles. The molecule has 0 radical (unpaired) electrons. The zero-order valence-corrected chi connectivity index (χ0v) is 17.5. The molecule has 5 rings (SSSR count). The first kappa shape index (κ1) is 18.6. The Hall–Kier alpha value is -3.44. The van der Waals surface area contributed by atoms with Gasteiger partial charge >= 0.3 is 5.69 Å². The predicted molar refractivity (Wildman–Crippen MR) is 121 cm³/mol. The molecule has 0 atom stereocenters. The van der Waals surface area contributed by atoms with Crippen molar-refractivity contribution in [1.29, 1.82) is 0 Å². The normalized spacial score (nSPS) is 11.5. The molecule has 0 unspecified atom stereocenters. The number of methoxy groups -OCH3 is 2. The number of ether oxygens (including phenoxy) is 2. The molecule has 0 saturated heterocycles. The average molecular weight is 419 g/mol. The number of fused-ring (bicyclic) bond motifs is 5. The Labute approximate surface area is 177 Å². The minimum absolute atomic E-state index is 0.168. The highest BCUT2D eigenvalue weighted by atomic mass is 35.5. The van der Waals surface area contributed by atoms with E-state index in [1.165, 1.54) is 0 Å². The van der Waals surface area contributed by atoms with Crippen molar-refractivity contribution in [3.05, 3.63) is 76.2 Å². The molecule has 2 aromatic heterocycles. The van der Waals surface area contributed by atoms with Crippen LogP contribution in [0.4, 0.5) is 0 Å². The van der Waals surface area contributed by atoms with Gasteiger partial charge in [0.25, 0.3) is 0 Å². The first-order valence-electron chi connectivity index (χ1n) is 9.50. The molecular formula is C24H19ClN2O3. The lowest BCUT2D eigenvalue weighted by Gasteiger charge is -2.11. The first-order valence-corrected chi connectivity index (χ1v) is 9.88. The van der Waals surface area contributed by atoms with Gasteiger partial charge in [-0.2, -0.15) is 0 Å². The summed E-state index contributed by atoms with van der Waals surface area (Å²) in [5.74, 6) is 1.03. The molecule has 6 heteroatoms. The zero-order chi connectivity index (χ0) is 21.0. The number of aromatic nitrogens is 2. The number of para-hydroxylation sites is 1. The third kappa shape index (κ3) is 2.39. The molecular weight excluding hydrogens is 400 g/mol. The summed E-state index contributed by atoms with van der Waals surface area (Å²) in [7, 11) is 4.93. The molecule has 0 aliphatic rings. The largest absolute Gasteiger partial charge is 0.494 e. The Morgan fingerprint density at radius 2 is 1.60 bits per heavy atom. The van der Waals surface area contributed by atoms with E-state index in [-0.39, 0.29) is 5.69 Å². The molecule has 0 bridgehead atoms. The molecule has 150 valence electrons. The van der Waals surface area contributed by atoms with Crippen molar-refractivity contribution in [3.8, 4) is 22.6 Å². The maximum atomic E-state index is 13.6. The Balaban J connectivity index is 2.23. The minimum Gasteiger partial charge on any atom is -0.494 e. The molecule has 0 aliphatic heterocycles. The SMILES string of the molecule is COc1c(Cl)cc(OC)c2c1c(-c1ccccc1)c1c3ccccc3n(C)c(=O)n21. The molecule has 30 heavy (non-hydrogen) atoms. The van der Waals surface area contributed by atoms with Gasteiger partial charge in [0, 0.05) is 24.1 Å². The fourth-order valence-electron chi connectivity index (χ4n) is 4.30. The molecule has 0 aliphatic carbocycles. The van der Waals surface area contributed by atoms with E-state index >= 15 is 0 Å². The standard InChI is InChI=1S/C24H19ClN2O3/c1-26-17-12-8-7-11-15(17)21-19(14-9-5-4-6-10-14)20-22(27(21)24(26)28)18(29-2)13-16(25)23(20)30-3/h4-13H,1-3H3. The third-order valence-electron chi connectivity index (χ3n) is 5.59. The van der Waals surface area contributed by atoms with E-state index in [1.807, 2.05) is 54.6 Å². The summed E-state index contributed by atoms with van der Waals surface area (Å²) in [6.07, 6.45) is 0. The Bertz CT molecular complexity index is 1500. The highest BCUT2D eigenvalue weighted by molar-refractivity contribution is 6.34. The van der Waals surface area contributed by atoms with Gasteiger partial charge in [0.2, 0.25) is 0 Å². The lowest BCUT2D eigenvalue weighted by atomic mass is 10.0. The van der Waals surface area contributed by atoms with Crippen molar-refractivity contribution >= 4 is 38.9 Å². The van der Waals surface area contributed by atoms with Gasteiger partial charge < -0.3 is 9.47 Å². The van der Waals surface area contributed by atoms with E-state index in [2.05, 4.69) is 0 Å². The van der Waals surface area contributed by atoms with Crippen LogP contribution in [-0.4, -0.2) is 23.2 Å². The van der Waals surface area contributed by atoms with E-state index in [0.29, 0.717) is 22.0 Å². The quantitative estimate of drug-likeness (QED) is 0.400. The van der Waals surface area contributed by atoms with Gasteiger partial charge in [-0.15, -0.1) is 0 Å². The van der Waals surface area contributed by atoms with Crippen LogP contribution in [-0.2, 0) is 7.05 Å². The van der Waals surface area contributed by atoms with E-state index in [1.54, 1.807) is 36.3 Å². The molecule has 5 nitrogen and oxygen atoms in total. The van der Waals surface area contributed by atoms with Crippen LogP contribution in [0, 0.1) is 0 Å². The second-order valence-corrected chi connectivity index (χ2v) is 7.51. The van der Waals surface area contributed by atoms with Gasteiger partial charge in [-0.05, 0) is 11.6 Å². The fourth-order valence-corrected chi connectivity index (χ4v) is 4.57. The maximum absolute atomic E-state index is 13.6. The lowest BCUT2D eigenvalue weighted by Crippen LogP contribution is -2.24. The number of aryl methyl sites for hydroxylation is 1. The van der Waals surface area contributed by atoms with Crippen LogP contribution >= 0.6 is 11.6 Å². The number of halogens is 1. The Morgan fingerprint density at radius 3 is 2.30 bits per heavy atom. The van der Waals surface area contributed by atoms with Crippen LogP contribution in [0.25, 0.3) is 38.4 Å². The summed E-state index contributed by atoms with van der Waals surface area (Å²) >= 11 is 6.57. The summed E-state index contributed by atoms with van der Waals surface area (Å²) in [4.78, 5) is 13.6. The average Bonchev–Trinajstić information content (AvgIpc) is 3.13. The molecule has 0 saturated carbocycles. The van der Waals surface area contributed by atoms with Crippen LogP contribution in [0.3, 0.4) is 0 Å². The van der Waals surface area contributed by atoms with Gasteiger partial charge in [-0.25, -0.2) is 4.79 Å². The van der Waals surface area contributed by atoms with Gasteiger partial charge in [-0.3, -0.25) is 8.97 Å². The maximum Gasteiger partial charge on any atom is 0.333 e. The van der Waals surface area contributed by atoms with Crippen molar-refractivity contribution in [2.24, 2.45) is 7.05 Å². The number of nitrogens with zero attached hydrogens (tertiary/aromatic N) is 2. The molecule has 0 spiro atoms. The van der Waals surface area contributed by atoms with Gasteiger partial charge in [-0.1, -0.05) is 60.1 Å². The van der Waals surface area contributed by atoms with Crippen LogP contribution < -0.4 is 15.2 Å². The molecule has 0 fully saturated rings. The number of rotatable bonds is 3. The summed E-state index contributed by atoms with van der Waals surface area (Å²) < 4.78 is 14.7. The van der Waals surface area contributed by atoms with E-state index < -0.39 is 0 Å². The molecule has 2 heterocycles. The predicted octanol–water partition coefficient (Wildman–Crippen LogP) is 5.28. The van der Waals surface area contributed by atoms with Crippen LogP contribution in [0.1, 0.15) is 0 Å². The monoisotopic (exact) mass is 418 g/mol. The van der Waals surface area contributed by atoms with Crippen molar-refractivity contribution in [2.45, 2.75) is 0 Å². The lowest BCUT2D eigenvalue weighted by molar-refractivity contribution is 0.410. The molecule has 0 amide bonds. The van der Waals surface area contributed by atoms with Crippen LogP contribution in [0.15, 0.2) is 65.5 Å². The van der Waals surface area contributed by atoms with Crippen molar-refractivity contribution in [2.75, 3.05) is 14.2 Å². The van der Waals surface area contributed by atoms with Crippen LogP contribution in [0.2, 0.25) is 5.02 Å². The van der Waals surface area contributed by atoms with Crippen molar-refractivity contribution < 1.29 is 9.47 Å². The third-order valence-corrected chi connectivity index (χ3v) is 5.87. The zero-order valence-electron chi connectivity index (χ0n) is 16.8. The number of benzene rings is 3. The minimum atomic E-state index is -0.168. The van der Waals surface area contributed by atoms with E-state index in [0.717, 1.165) is 32.9 Å². The highest BCUT2D eigenvalue weighted by Crippen LogP contribution is 2.48. The van der Waals surface area contributed by atoms with E-state index in [9.17, 15) is 4.79 Å². The van der Waals surface area contributed by atoms with Gasteiger partial charge in [0.1, 0.15) is 17.0 Å². The first-order chi connectivity index (χ1) is 14.6. The Morgan fingerprint density at radius 1 is 0.900 bits per heavy atom. The van der Waals surface area contributed by atoms with Crippen molar-refractivity contribution in [3.63, 3.8) is 0 Å². The highest BCUT2D eigenvalue weighted by Gasteiger charge is 2.26. The van der Waals surface area contributed by atoms with Gasteiger partial charge in [0.05, 0.1) is 35.7 Å². The molecule has 0 N–H and O–H groups in total. The van der Waals surface area contributed by atoms with Crippen LogP contribution in [0.5, 0.6) is 11.5 Å². The topological polar surface area (TPSA) is 44.9 Å². The second-order valence-electron chi connectivity index (χ2n) is 7.10. The van der Waals surface area contributed by atoms with Gasteiger partial charge in [0.15, 0.2) is 0 Å². The van der Waals surface area contributed by atoms with Crippen molar-refractivity contribution in [1.82, 2.24) is 8.97 Å². The summed E-state index contributed by atoms with van der Waals surface area (Å²) in [6, 6.07) is 19.5. The smallest absolute Gasteiger partial charge is 0.333 e.